The SMILES string of the molecule is COc1ccc(OCCN2CCC(C(=O)N[C@H](c3ccc(Cl)cc3)c3ccccn3)CC2)cc1. The second-order valence-corrected chi connectivity index (χ2v) is 8.82. The summed E-state index contributed by atoms with van der Waals surface area (Å²) in [4.78, 5) is 20.0. The van der Waals surface area contributed by atoms with Crippen molar-refractivity contribution in [2.75, 3.05) is 33.4 Å². The number of aromatic nitrogens is 1. The number of pyridine rings is 1. The van der Waals surface area contributed by atoms with Crippen LogP contribution in [0.1, 0.15) is 30.1 Å². The van der Waals surface area contributed by atoms with Crippen LogP contribution in [0.5, 0.6) is 11.5 Å². The Morgan fingerprint density at radius 3 is 2.41 bits per heavy atom. The third-order valence-electron chi connectivity index (χ3n) is 6.17. The van der Waals surface area contributed by atoms with Gasteiger partial charge in [-0.15, -0.1) is 0 Å². The molecule has 0 bridgehead atoms. The lowest BCUT2D eigenvalue weighted by atomic mass is 9.94. The summed E-state index contributed by atoms with van der Waals surface area (Å²) in [7, 11) is 1.65. The van der Waals surface area contributed by atoms with E-state index < -0.39 is 0 Å². The van der Waals surface area contributed by atoms with E-state index in [0.29, 0.717) is 11.6 Å². The molecule has 1 saturated heterocycles. The number of methoxy groups -OCH3 is 1. The first-order valence-electron chi connectivity index (χ1n) is 11.6. The number of carbonyl (C=O) groups excluding carboxylic acids is 1. The highest BCUT2D eigenvalue weighted by atomic mass is 35.5. The van der Waals surface area contributed by atoms with Crippen LogP contribution in [0.3, 0.4) is 0 Å². The van der Waals surface area contributed by atoms with Crippen molar-refractivity contribution in [3.8, 4) is 11.5 Å². The predicted octanol–water partition coefficient (Wildman–Crippen LogP) is 4.74. The van der Waals surface area contributed by atoms with Crippen molar-refractivity contribution in [2.24, 2.45) is 5.92 Å². The van der Waals surface area contributed by atoms with Crippen LogP contribution < -0.4 is 14.8 Å². The first kappa shape index (κ1) is 24.0. The minimum atomic E-state index is -0.304. The Kier molecular flexibility index (Phi) is 8.39. The van der Waals surface area contributed by atoms with E-state index >= 15 is 0 Å². The fourth-order valence-electron chi connectivity index (χ4n) is 4.17. The number of halogens is 1. The maximum Gasteiger partial charge on any atom is 0.224 e. The van der Waals surface area contributed by atoms with E-state index in [4.69, 9.17) is 21.1 Å². The fourth-order valence-corrected chi connectivity index (χ4v) is 4.30. The van der Waals surface area contributed by atoms with E-state index in [-0.39, 0.29) is 17.9 Å². The first-order valence-corrected chi connectivity index (χ1v) is 12.0. The molecular formula is C27H30ClN3O3. The van der Waals surface area contributed by atoms with Gasteiger partial charge in [-0.2, -0.15) is 0 Å². The first-order chi connectivity index (χ1) is 16.6. The van der Waals surface area contributed by atoms with Gasteiger partial charge >= 0.3 is 0 Å². The summed E-state index contributed by atoms with van der Waals surface area (Å²) in [5.41, 5.74) is 1.77. The Hall–Kier alpha value is -3.09. The molecule has 7 heteroatoms. The maximum atomic E-state index is 13.2. The van der Waals surface area contributed by atoms with Gasteiger partial charge in [0.05, 0.1) is 18.8 Å². The quantitative estimate of drug-likeness (QED) is 0.480. The van der Waals surface area contributed by atoms with Crippen molar-refractivity contribution >= 4 is 17.5 Å². The number of nitrogens with zero attached hydrogens (tertiary/aromatic N) is 2. The Morgan fingerprint density at radius 2 is 1.76 bits per heavy atom. The van der Waals surface area contributed by atoms with E-state index in [1.54, 1.807) is 13.3 Å². The van der Waals surface area contributed by atoms with Crippen molar-refractivity contribution in [2.45, 2.75) is 18.9 Å². The average molecular weight is 480 g/mol. The van der Waals surface area contributed by atoms with Crippen LogP contribution >= 0.6 is 11.6 Å². The molecule has 1 aromatic heterocycles. The van der Waals surface area contributed by atoms with Gasteiger partial charge in [0.1, 0.15) is 18.1 Å². The molecule has 1 aliphatic rings. The molecule has 1 aliphatic heterocycles. The number of benzene rings is 2. The average Bonchev–Trinajstić information content (AvgIpc) is 2.89. The van der Waals surface area contributed by atoms with Gasteiger partial charge in [0.15, 0.2) is 0 Å². The van der Waals surface area contributed by atoms with Crippen LogP contribution in [0.4, 0.5) is 0 Å². The monoisotopic (exact) mass is 479 g/mol. The van der Waals surface area contributed by atoms with Crippen molar-refractivity contribution in [1.29, 1.82) is 0 Å². The summed E-state index contributed by atoms with van der Waals surface area (Å²) in [5, 5.41) is 3.89. The summed E-state index contributed by atoms with van der Waals surface area (Å²) < 4.78 is 11.0. The molecule has 0 unspecified atom stereocenters. The second-order valence-electron chi connectivity index (χ2n) is 8.39. The number of carbonyl (C=O) groups is 1. The van der Waals surface area contributed by atoms with E-state index in [1.807, 2.05) is 66.7 Å². The molecule has 1 atom stereocenters. The molecular weight excluding hydrogens is 450 g/mol. The number of piperidine rings is 1. The summed E-state index contributed by atoms with van der Waals surface area (Å²) in [6.07, 6.45) is 3.39. The molecule has 1 N–H and O–H groups in total. The number of amides is 1. The van der Waals surface area contributed by atoms with Crippen molar-refractivity contribution in [3.63, 3.8) is 0 Å². The molecule has 2 heterocycles. The lowest BCUT2D eigenvalue weighted by Crippen LogP contribution is -2.42. The lowest BCUT2D eigenvalue weighted by Gasteiger charge is -2.32. The van der Waals surface area contributed by atoms with Crippen molar-refractivity contribution in [3.05, 3.63) is 89.2 Å². The summed E-state index contributed by atoms with van der Waals surface area (Å²) in [6.45, 7) is 3.20. The van der Waals surface area contributed by atoms with E-state index in [1.165, 1.54) is 0 Å². The van der Waals surface area contributed by atoms with Gasteiger partial charge in [-0.3, -0.25) is 14.7 Å². The Morgan fingerprint density at radius 1 is 1.06 bits per heavy atom. The Balaban J connectivity index is 1.28. The van der Waals surface area contributed by atoms with Gasteiger partial charge in [0.25, 0.3) is 0 Å². The molecule has 2 aromatic carbocycles. The zero-order valence-corrected chi connectivity index (χ0v) is 20.1. The van der Waals surface area contributed by atoms with Crippen LogP contribution in [0, 0.1) is 5.92 Å². The van der Waals surface area contributed by atoms with Crippen LogP contribution in [0.15, 0.2) is 72.9 Å². The van der Waals surface area contributed by atoms with Gasteiger partial charge in [-0.1, -0.05) is 29.8 Å². The molecule has 1 amide bonds. The zero-order chi connectivity index (χ0) is 23.8. The minimum absolute atomic E-state index is 0.0164. The summed E-state index contributed by atoms with van der Waals surface area (Å²) in [6, 6.07) is 20.6. The van der Waals surface area contributed by atoms with Crippen molar-refractivity contribution < 1.29 is 14.3 Å². The maximum absolute atomic E-state index is 13.2. The largest absolute Gasteiger partial charge is 0.497 e. The zero-order valence-electron chi connectivity index (χ0n) is 19.3. The topological polar surface area (TPSA) is 63.7 Å². The second kappa shape index (κ2) is 11.9. The minimum Gasteiger partial charge on any atom is -0.497 e. The highest BCUT2D eigenvalue weighted by Crippen LogP contribution is 2.25. The van der Waals surface area contributed by atoms with Gasteiger partial charge in [0, 0.05) is 23.7 Å². The third-order valence-corrected chi connectivity index (χ3v) is 6.42. The number of rotatable bonds is 9. The molecule has 0 spiro atoms. The van der Waals surface area contributed by atoms with Crippen LogP contribution in [-0.4, -0.2) is 49.1 Å². The molecule has 0 saturated carbocycles. The predicted molar refractivity (Wildman–Crippen MR) is 133 cm³/mol. The van der Waals surface area contributed by atoms with Gasteiger partial charge in [-0.25, -0.2) is 0 Å². The normalized spacial score (nSPS) is 15.5. The standard InChI is InChI=1S/C27H30ClN3O3/c1-33-23-9-11-24(12-10-23)34-19-18-31-16-13-21(14-17-31)27(32)30-26(25-4-2-3-15-29-25)20-5-7-22(28)8-6-20/h2-12,15,21,26H,13-14,16-19H2,1H3,(H,30,32)/t26-/m1/s1. The molecule has 34 heavy (non-hydrogen) atoms. The molecule has 0 aliphatic carbocycles. The number of hydrogen-bond acceptors (Lipinski definition) is 5. The third kappa shape index (κ3) is 6.49. The molecule has 3 aromatic rings. The number of hydrogen-bond donors (Lipinski definition) is 1. The number of likely N-dealkylation sites (tertiary alicyclic amines) is 1. The van der Waals surface area contributed by atoms with Gasteiger partial charge in [-0.05, 0) is 80.0 Å². The molecule has 178 valence electrons. The Labute approximate surface area is 205 Å². The van der Waals surface area contributed by atoms with Crippen LogP contribution in [0.25, 0.3) is 0 Å². The van der Waals surface area contributed by atoms with E-state index in [9.17, 15) is 4.79 Å². The highest BCUT2D eigenvalue weighted by Gasteiger charge is 2.27. The number of ether oxygens (including phenoxy) is 2. The van der Waals surface area contributed by atoms with Gasteiger partial charge in [0.2, 0.25) is 5.91 Å². The van der Waals surface area contributed by atoms with Crippen LogP contribution in [0.2, 0.25) is 5.02 Å². The summed E-state index contributed by atoms with van der Waals surface area (Å²) in [5.74, 6) is 1.70. The lowest BCUT2D eigenvalue weighted by molar-refractivity contribution is -0.127. The molecule has 0 radical (unpaired) electrons. The Bertz CT molecular complexity index is 1040. The molecule has 4 rings (SSSR count). The smallest absolute Gasteiger partial charge is 0.224 e. The fraction of sp³-hybridized carbons (Fsp3) is 0.333. The number of nitrogens with one attached hydrogen (secondary N) is 1. The van der Waals surface area contributed by atoms with E-state index in [0.717, 1.165) is 55.2 Å². The molecule has 6 nitrogen and oxygen atoms in total. The van der Waals surface area contributed by atoms with Crippen molar-refractivity contribution in [1.82, 2.24) is 15.2 Å². The van der Waals surface area contributed by atoms with E-state index in [2.05, 4.69) is 15.2 Å². The van der Waals surface area contributed by atoms with Crippen LogP contribution in [-0.2, 0) is 4.79 Å². The molecule has 1 fully saturated rings. The highest BCUT2D eigenvalue weighted by molar-refractivity contribution is 6.30. The van der Waals surface area contributed by atoms with Gasteiger partial charge < -0.3 is 14.8 Å². The summed E-state index contributed by atoms with van der Waals surface area (Å²) >= 11 is 6.07.